The first-order valence-electron chi connectivity index (χ1n) is 14.8. The van der Waals surface area contributed by atoms with E-state index in [2.05, 4.69) is 5.10 Å². The summed E-state index contributed by atoms with van der Waals surface area (Å²) in [6.07, 6.45) is -2.02. The van der Waals surface area contributed by atoms with Crippen molar-refractivity contribution >= 4 is 23.6 Å². The summed E-state index contributed by atoms with van der Waals surface area (Å²) < 4.78 is 63.2. The van der Waals surface area contributed by atoms with E-state index < -0.39 is 23.9 Å². The van der Waals surface area contributed by atoms with E-state index in [1.807, 2.05) is 24.1 Å². The molecule has 3 amide bonds. The Bertz CT molecular complexity index is 1530. The number of ether oxygens (including phenoxy) is 1. The lowest BCUT2D eigenvalue weighted by molar-refractivity contribution is -0.138. The number of fused-ring (bicyclic) bond motifs is 1. The molecule has 0 spiro atoms. The average molecular weight is 615 g/mol. The summed E-state index contributed by atoms with van der Waals surface area (Å²) in [7, 11) is 0. The van der Waals surface area contributed by atoms with Gasteiger partial charge in [0.15, 0.2) is 5.82 Å². The van der Waals surface area contributed by atoms with E-state index in [1.54, 1.807) is 27.5 Å². The largest absolute Gasteiger partial charge is 0.450 e. The van der Waals surface area contributed by atoms with Gasteiger partial charge in [0.1, 0.15) is 5.82 Å². The minimum Gasteiger partial charge on any atom is -0.450 e. The Hall–Kier alpha value is -4.29. The highest BCUT2D eigenvalue weighted by molar-refractivity contribution is 5.94. The van der Waals surface area contributed by atoms with Gasteiger partial charge < -0.3 is 19.4 Å². The molecule has 0 N–H and O–H groups in total. The second kappa shape index (κ2) is 11.7. The number of nitrogens with zero attached hydrogens (tertiary/aromatic N) is 6. The Morgan fingerprint density at radius 1 is 1.05 bits per heavy atom. The third kappa shape index (κ3) is 5.55. The first-order chi connectivity index (χ1) is 21.0. The van der Waals surface area contributed by atoms with Gasteiger partial charge in [0.05, 0.1) is 37.0 Å². The number of amides is 3. The van der Waals surface area contributed by atoms with Gasteiger partial charge in [-0.2, -0.15) is 18.3 Å². The molecule has 0 radical (unpaired) electrons. The summed E-state index contributed by atoms with van der Waals surface area (Å²) in [5.41, 5.74) is 1.28. The molecule has 6 rings (SSSR count). The number of halogens is 4. The average Bonchev–Trinajstić information content (AvgIpc) is 3.37. The molecule has 0 aliphatic carbocycles. The van der Waals surface area contributed by atoms with Gasteiger partial charge in [-0.25, -0.2) is 14.0 Å². The fourth-order valence-corrected chi connectivity index (χ4v) is 6.39. The third-order valence-corrected chi connectivity index (χ3v) is 8.68. The van der Waals surface area contributed by atoms with Crippen LogP contribution in [0.4, 0.5) is 38.7 Å². The van der Waals surface area contributed by atoms with Crippen LogP contribution >= 0.6 is 0 Å². The number of aryl methyl sites for hydroxylation is 1. The second-order valence-corrected chi connectivity index (χ2v) is 11.5. The number of urea groups is 1. The molecule has 234 valence electrons. The predicted octanol–water partition coefficient (Wildman–Crippen LogP) is 5.97. The number of para-hydroxylation sites is 1. The van der Waals surface area contributed by atoms with Crippen LogP contribution in [0.1, 0.15) is 48.1 Å². The van der Waals surface area contributed by atoms with E-state index in [9.17, 15) is 27.2 Å². The van der Waals surface area contributed by atoms with Crippen LogP contribution in [0.5, 0.6) is 0 Å². The molecule has 2 aromatic carbocycles. The van der Waals surface area contributed by atoms with Crippen LogP contribution in [0.2, 0.25) is 0 Å². The van der Waals surface area contributed by atoms with E-state index in [-0.39, 0.29) is 43.2 Å². The molecule has 2 saturated heterocycles. The molecule has 0 saturated carbocycles. The number of carbonyl (C=O) groups is 2. The van der Waals surface area contributed by atoms with E-state index >= 15 is 0 Å². The zero-order valence-corrected chi connectivity index (χ0v) is 24.6. The van der Waals surface area contributed by atoms with Crippen LogP contribution in [0.15, 0.2) is 48.7 Å². The maximum absolute atomic E-state index is 14.7. The monoisotopic (exact) mass is 614 g/mol. The quantitative estimate of drug-likeness (QED) is 0.320. The highest BCUT2D eigenvalue weighted by Gasteiger charge is 2.42. The summed E-state index contributed by atoms with van der Waals surface area (Å²) in [5.74, 6) is 0.0267. The van der Waals surface area contributed by atoms with Crippen molar-refractivity contribution in [2.45, 2.75) is 58.0 Å². The molecule has 13 heteroatoms. The van der Waals surface area contributed by atoms with Gasteiger partial charge in [-0.05, 0) is 49.9 Å². The normalized spacial score (nSPS) is 18.0. The number of piperidine rings is 1. The highest BCUT2D eigenvalue weighted by atomic mass is 19.4. The number of carbonyl (C=O) groups excluding carboxylic acids is 2. The highest BCUT2D eigenvalue weighted by Crippen LogP contribution is 2.38. The summed E-state index contributed by atoms with van der Waals surface area (Å²) in [4.78, 5) is 32.7. The lowest BCUT2D eigenvalue weighted by atomic mass is 10.00. The van der Waals surface area contributed by atoms with Crippen molar-refractivity contribution in [3.63, 3.8) is 0 Å². The summed E-state index contributed by atoms with van der Waals surface area (Å²) in [6, 6.07) is 9.47. The predicted molar refractivity (Wildman–Crippen MR) is 155 cm³/mol. The molecule has 0 unspecified atom stereocenters. The first kappa shape index (κ1) is 29.8. The van der Waals surface area contributed by atoms with E-state index in [4.69, 9.17) is 4.74 Å². The fraction of sp³-hybridized carbons (Fsp3) is 0.452. The van der Waals surface area contributed by atoms with Gasteiger partial charge in [-0.1, -0.05) is 30.3 Å². The molecule has 0 atom stereocenters. The van der Waals surface area contributed by atoms with Gasteiger partial charge >= 0.3 is 18.3 Å². The van der Waals surface area contributed by atoms with Gasteiger partial charge in [0, 0.05) is 44.0 Å². The minimum atomic E-state index is -4.59. The maximum Gasteiger partial charge on any atom is 0.416 e. The van der Waals surface area contributed by atoms with Crippen LogP contribution in [-0.4, -0.2) is 70.5 Å². The molecule has 2 fully saturated rings. The molecule has 0 bridgehead atoms. The van der Waals surface area contributed by atoms with Crippen molar-refractivity contribution in [1.29, 1.82) is 0 Å². The number of anilines is 2. The minimum absolute atomic E-state index is 0.0299. The van der Waals surface area contributed by atoms with Crippen LogP contribution in [-0.2, 0) is 24.0 Å². The molecule has 44 heavy (non-hydrogen) atoms. The zero-order chi connectivity index (χ0) is 31.2. The number of aromatic nitrogens is 2. The summed E-state index contributed by atoms with van der Waals surface area (Å²) in [6.45, 7) is 5.63. The molecular weight excluding hydrogens is 580 g/mol. The smallest absolute Gasteiger partial charge is 0.416 e. The molecule has 1 aromatic heterocycles. The summed E-state index contributed by atoms with van der Waals surface area (Å²) in [5, 5.41) is 4.67. The standard InChI is InChI=1S/C31H34F4N6O3/c1-3-44-30(43)38-18-24(19-38)41-17-22-16-39(23-11-13-37(14-12-23)27-20(2)7-6-10-26(27)32)29(42)40(28(22)36-41)15-21-8-4-5-9-25(21)31(33,34)35/h4-10,17,23-24H,3,11-16,18-19H2,1-2H3. The number of hydrogen-bond acceptors (Lipinski definition) is 5. The van der Waals surface area contributed by atoms with Crippen molar-refractivity contribution in [3.8, 4) is 0 Å². The molecular formula is C31H34F4N6O3. The van der Waals surface area contributed by atoms with Crippen molar-refractivity contribution in [2.24, 2.45) is 0 Å². The van der Waals surface area contributed by atoms with Crippen LogP contribution < -0.4 is 9.80 Å². The SMILES string of the molecule is CCOC(=O)N1CC(n2cc3c(n2)N(Cc2ccccc2C(F)(F)F)C(=O)N(C2CCN(c4c(C)cccc4F)CC2)C3)C1. The molecule has 3 aliphatic heterocycles. The van der Waals surface area contributed by atoms with Crippen LogP contribution in [0.3, 0.4) is 0 Å². The zero-order valence-electron chi connectivity index (χ0n) is 24.6. The topological polar surface area (TPSA) is 74.1 Å². The number of hydrogen-bond donors (Lipinski definition) is 0. The van der Waals surface area contributed by atoms with E-state index in [1.165, 1.54) is 29.2 Å². The van der Waals surface area contributed by atoms with Crippen LogP contribution in [0.25, 0.3) is 0 Å². The molecule has 3 aromatic rings. The number of alkyl halides is 3. The Balaban J connectivity index is 1.26. The van der Waals surface area contributed by atoms with Gasteiger partial charge in [-0.15, -0.1) is 0 Å². The summed E-state index contributed by atoms with van der Waals surface area (Å²) >= 11 is 0. The van der Waals surface area contributed by atoms with Crippen molar-refractivity contribution in [2.75, 3.05) is 42.6 Å². The van der Waals surface area contributed by atoms with Gasteiger partial charge in [0.2, 0.25) is 0 Å². The Morgan fingerprint density at radius 2 is 1.77 bits per heavy atom. The lowest BCUT2D eigenvalue weighted by Gasteiger charge is -2.43. The molecule has 4 heterocycles. The number of benzene rings is 2. The van der Waals surface area contributed by atoms with Crippen molar-refractivity contribution in [1.82, 2.24) is 19.6 Å². The molecule has 3 aliphatic rings. The lowest BCUT2D eigenvalue weighted by Crippen LogP contribution is -2.54. The van der Waals surface area contributed by atoms with Crippen LogP contribution in [0, 0.1) is 12.7 Å². The fourth-order valence-electron chi connectivity index (χ4n) is 6.39. The molecule has 9 nitrogen and oxygen atoms in total. The Kier molecular flexibility index (Phi) is 7.89. The first-order valence-corrected chi connectivity index (χ1v) is 14.8. The number of likely N-dealkylation sites (tertiary alicyclic amines) is 1. The van der Waals surface area contributed by atoms with Crippen molar-refractivity contribution < 1.29 is 31.9 Å². The third-order valence-electron chi connectivity index (χ3n) is 8.68. The Morgan fingerprint density at radius 3 is 2.45 bits per heavy atom. The van der Waals surface area contributed by atoms with Crippen molar-refractivity contribution in [3.05, 3.63) is 76.7 Å². The maximum atomic E-state index is 14.7. The second-order valence-electron chi connectivity index (χ2n) is 11.5. The Labute approximate surface area is 252 Å². The number of rotatable bonds is 6. The van der Waals surface area contributed by atoms with E-state index in [0.717, 1.165) is 17.2 Å². The van der Waals surface area contributed by atoms with Gasteiger partial charge in [-0.3, -0.25) is 9.58 Å². The van der Waals surface area contributed by atoms with Gasteiger partial charge in [0.25, 0.3) is 0 Å². The van der Waals surface area contributed by atoms with E-state index in [0.29, 0.717) is 50.5 Å².